The second-order valence-corrected chi connectivity index (χ2v) is 7.57. The maximum absolute atomic E-state index is 5.58. The van der Waals surface area contributed by atoms with Crippen LogP contribution in [0.5, 0.6) is 11.5 Å². The highest BCUT2D eigenvalue weighted by Crippen LogP contribution is 2.30. The molecule has 7 heteroatoms. The van der Waals surface area contributed by atoms with Gasteiger partial charge in [0.2, 0.25) is 0 Å². The molecule has 3 rings (SSSR count). The van der Waals surface area contributed by atoms with Crippen molar-refractivity contribution >= 4 is 35.6 Å². The highest BCUT2D eigenvalue weighted by atomic mass is 127. The summed E-state index contributed by atoms with van der Waals surface area (Å²) in [5.74, 6) is 2.86. The third kappa shape index (κ3) is 7.88. The van der Waals surface area contributed by atoms with Crippen LogP contribution in [0, 0.1) is 5.92 Å². The van der Waals surface area contributed by atoms with Crippen LogP contribution in [0.3, 0.4) is 0 Å². The average molecular weight is 538 g/mol. The molecule has 6 nitrogen and oxygen atoms in total. The summed E-state index contributed by atoms with van der Waals surface area (Å²) in [6.07, 6.45) is 2.33. The molecule has 1 fully saturated rings. The third-order valence-electron chi connectivity index (χ3n) is 5.44. The summed E-state index contributed by atoms with van der Waals surface area (Å²) in [6, 6.07) is 16.5. The lowest BCUT2D eigenvalue weighted by Gasteiger charge is -2.18. The van der Waals surface area contributed by atoms with E-state index in [2.05, 4.69) is 50.9 Å². The summed E-state index contributed by atoms with van der Waals surface area (Å²) in [6.45, 7) is 6.91. The number of hydrogen-bond donors (Lipinski definition) is 2. The van der Waals surface area contributed by atoms with E-state index in [0.717, 1.165) is 43.5 Å². The number of anilines is 1. The Balaban J connectivity index is 0.00000341. The van der Waals surface area contributed by atoms with Crippen molar-refractivity contribution in [2.75, 3.05) is 52.3 Å². The molecule has 0 saturated carbocycles. The molecule has 1 heterocycles. The number of benzene rings is 2. The summed E-state index contributed by atoms with van der Waals surface area (Å²) in [5, 5.41) is 6.82. The van der Waals surface area contributed by atoms with E-state index in [9.17, 15) is 0 Å². The Kier molecular flexibility index (Phi) is 10.9. The molecule has 1 atom stereocenters. The fourth-order valence-electron chi connectivity index (χ4n) is 3.79. The number of halogens is 1. The number of methoxy groups -OCH3 is 1. The highest BCUT2D eigenvalue weighted by Gasteiger charge is 2.22. The first kappa shape index (κ1) is 25.3. The van der Waals surface area contributed by atoms with Crippen LogP contribution in [0.4, 0.5) is 5.69 Å². The molecule has 31 heavy (non-hydrogen) atoms. The predicted molar refractivity (Wildman–Crippen MR) is 139 cm³/mol. The number of hydrogen-bond acceptors (Lipinski definition) is 4. The predicted octanol–water partition coefficient (Wildman–Crippen LogP) is 4.26. The van der Waals surface area contributed by atoms with Crippen molar-refractivity contribution in [3.8, 4) is 11.5 Å². The standard InChI is InChI=1S/C24H34N4O2.HI/c1-4-30-22-11-10-21(16-23(22)29-3)27-24(25-2)26-17-20-13-15-28(18-20)14-12-19-8-6-5-7-9-19;/h5-11,16,20H,4,12-15,17-18H2,1-3H3,(H2,25,26,27);1H. The van der Waals surface area contributed by atoms with Crippen LogP contribution in [0.2, 0.25) is 0 Å². The van der Waals surface area contributed by atoms with Gasteiger partial charge >= 0.3 is 0 Å². The first-order valence-electron chi connectivity index (χ1n) is 10.8. The second-order valence-electron chi connectivity index (χ2n) is 7.57. The Bertz CT molecular complexity index is 816. The molecule has 1 aliphatic rings. The summed E-state index contributed by atoms with van der Waals surface area (Å²) < 4.78 is 11.0. The van der Waals surface area contributed by atoms with Crippen molar-refractivity contribution in [2.45, 2.75) is 19.8 Å². The summed E-state index contributed by atoms with van der Waals surface area (Å²) in [5.41, 5.74) is 2.33. The molecular weight excluding hydrogens is 503 g/mol. The lowest BCUT2D eigenvalue weighted by atomic mass is 10.1. The van der Waals surface area contributed by atoms with Gasteiger partial charge in [-0.25, -0.2) is 0 Å². The van der Waals surface area contributed by atoms with Gasteiger partial charge in [0.1, 0.15) is 0 Å². The lowest BCUT2D eigenvalue weighted by Crippen LogP contribution is -2.35. The average Bonchev–Trinajstić information content (AvgIpc) is 3.24. The Hall–Kier alpha value is -2.00. The quantitative estimate of drug-likeness (QED) is 0.284. The van der Waals surface area contributed by atoms with Gasteiger partial charge in [-0.05, 0) is 49.9 Å². The van der Waals surface area contributed by atoms with Gasteiger partial charge in [-0.2, -0.15) is 0 Å². The van der Waals surface area contributed by atoms with Crippen LogP contribution in [0.25, 0.3) is 0 Å². The maximum Gasteiger partial charge on any atom is 0.195 e. The monoisotopic (exact) mass is 538 g/mol. The topological polar surface area (TPSA) is 58.1 Å². The zero-order chi connectivity index (χ0) is 21.2. The molecule has 2 aromatic carbocycles. The van der Waals surface area contributed by atoms with Crippen molar-refractivity contribution in [2.24, 2.45) is 10.9 Å². The largest absolute Gasteiger partial charge is 0.493 e. The van der Waals surface area contributed by atoms with Gasteiger partial charge in [-0.1, -0.05) is 30.3 Å². The molecule has 0 aliphatic carbocycles. The number of guanidine groups is 1. The van der Waals surface area contributed by atoms with E-state index in [-0.39, 0.29) is 24.0 Å². The molecule has 1 unspecified atom stereocenters. The van der Waals surface area contributed by atoms with E-state index < -0.39 is 0 Å². The number of nitrogens with zero attached hydrogens (tertiary/aromatic N) is 2. The van der Waals surface area contributed by atoms with Crippen molar-refractivity contribution in [1.82, 2.24) is 10.2 Å². The van der Waals surface area contributed by atoms with E-state index in [1.54, 1.807) is 14.2 Å². The van der Waals surface area contributed by atoms with Gasteiger partial charge in [0.25, 0.3) is 0 Å². The SMILES string of the molecule is CCOc1ccc(NC(=NC)NCC2CCN(CCc3ccccc3)C2)cc1OC.I. The van der Waals surface area contributed by atoms with Crippen molar-refractivity contribution in [1.29, 1.82) is 0 Å². The Morgan fingerprint density at radius 2 is 1.97 bits per heavy atom. The normalized spacial score (nSPS) is 16.5. The number of ether oxygens (including phenoxy) is 2. The van der Waals surface area contributed by atoms with Gasteiger partial charge in [0.05, 0.1) is 13.7 Å². The van der Waals surface area contributed by atoms with E-state index in [1.807, 2.05) is 25.1 Å². The van der Waals surface area contributed by atoms with Gasteiger partial charge in [-0.15, -0.1) is 24.0 Å². The van der Waals surface area contributed by atoms with Crippen LogP contribution in [0.15, 0.2) is 53.5 Å². The minimum atomic E-state index is 0. The van der Waals surface area contributed by atoms with E-state index >= 15 is 0 Å². The zero-order valence-corrected chi connectivity index (χ0v) is 21.1. The number of rotatable bonds is 9. The van der Waals surface area contributed by atoms with Crippen LogP contribution < -0.4 is 20.1 Å². The molecule has 2 aromatic rings. The van der Waals surface area contributed by atoms with E-state index in [0.29, 0.717) is 18.3 Å². The molecule has 1 aliphatic heterocycles. The minimum absolute atomic E-state index is 0. The molecule has 0 radical (unpaired) electrons. The molecule has 0 bridgehead atoms. The maximum atomic E-state index is 5.58. The van der Waals surface area contributed by atoms with Crippen molar-refractivity contribution in [3.63, 3.8) is 0 Å². The Labute approximate surface area is 203 Å². The molecular formula is C24H35IN4O2. The van der Waals surface area contributed by atoms with E-state index in [4.69, 9.17) is 9.47 Å². The minimum Gasteiger partial charge on any atom is -0.493 e. The molecule has 1 saturated heterocycles. The summed E-state index contributed by atoms with van der Waals surface area (Å²) >= 11 is 0. The molecule has 0 aromatic heterocycles. The number of likely N-dealkylation sites (tertiary alicyclic amines) is 1. The first-order valence-corrected chi connectivity index (χ1v) is 10.8. The molecule has 2 N–H and O–H groups in total. The van der Waals surface area contributed by atoms with Gasteiger partial charge in [0.15, 0.2) is 17.5 Å². The second kappa shape index (κ2) is 13.4. The summed E-state index contributed by atoms with van der Waals surface area (Å²) in [7, 11) is 3.44. The fourth-order valence-corrected chi connectivity index (χ4v) is 3.79. The zero-order valence-electron chi connectivity index (χ0n) is 18.8. The first-order chi connectivity index (χ1) is 14.7. The van der Waals surface area contributed by atoms with Gasteiger partial charge in [-0.3, -0.25) is 4.99 Å². The van der Waals surface area contributed by atoms with Crippen LogP contribution in [-0.2, 0) is 6.42 Å². The van der Waals surface area contributed by atoms with Crippen molar-refractivity contribution < 1.29 is 9.47 Å². The van der Waals surface area contributed by atoms with Crippen LogP contribution in [0.1, 0.15) is 18.9 Å². The van der Waals surface area contributed by atoms with Gasteiger partial charge < -0.3 is 25.0 Å². The molecule has 0 amide bonds. The fraction of sp³-hybridized carbons (Fsp3) is 0.458. The molecule has 0 spiro atoms. The third-order valence-corrected chi connectivity index (χ3v) is 5.44. The van der Waals surface area contributed by atoms with E-state index in [1.165, 1.54) is 18.5 Å². The molecule has 170 valence electrons. The lowest BCUT2D eigenvalue weighted by molar-refractivity contribution is 0.311. The van der Waals surface area contributed by atoms with Crippen molar-refractivity contribution in [3.05, 3.63) is 54.1 Å². The van der Waals surface area contributed by atoms with Crippen LogP contribution in [-0.4, -0.2) is 57.8 Å². The Morgan fingerprint density at radius 3 is 2.68 bits per heavy atom. The van der Waals surface area contributed by atoms with Gasteiger partial charge in [0, 0.05) is 38.4 Å². The van der Waals surface area contributed by atoms with Crippen LogP contribution >= 0.6 is 24.0 Å². The number of nitrogens with one attached hydrogen (secondary N) is 2. The summed E-state index contributed by atoms with van der Waals surface area (Å²) in [4.78, 5) is 6.92. The number of aliphatic imine (C=N–C) groups is 1. The Morgan fingerprint density at radius 1 is 1.16 bits per heavy atom. The highest BCUT2D eigenvalue weighted by molar-refractivity contribution is 14.0. The smallest absolute Gasteiger partial charge is 0.195 e.